The van der Waals surface area contributed by atoms with Crippen molar-refractivity contribution in [1.82, 2.24) is 4.98 Å². The van der Waals surface area contributed by atoms with Crippen molar-refractivity contribution in [3.05, 3.63) is 23.5 Å². The number of aryl methyl sites for hydroxylation is 1. The van der Waals surface area contributed by atoms with Crippen molar-refractivity contribution in [3.63, 3.8) is 0 Å². The van der Waals surface area contributed by atoms with Crippen molar-refractivity contribution >= 4 is 5.97 Å². The Hall–Kier alpha value is -1.41. The SMILES string of the molecule is CO[C@@H]1OC(C)(C)[C@H](OC)[C@@H](OC(=O)c2ccc(C)[nH]2)[C@H]1O. The fraction of sp³-hybridized carbons (Fsp3) is 0.667. The number of aromatic amines is 1. The normalized spacial score (nSPS) is 31.0. The quantitative estimate of drug-likeness (QED) is 0.806. The number of aliphatic hydroxyl groups is 1. The number of hydrogen-bond acceptors (Lipinski definition) is 6. The third-order valence-corrected chi connectivity index (χ3v) is 3.80. The second-order valence-corrected chi connectivity index (χ2v) is 5.90. The largest absolute Gasteiger partial charge is 0.452 e. The van der Waals surface area contributed by atoms with Gasteiger partial charge in [0.1, 0.15) is 17.9 Å². The molecule has 1 aliphatic rings. The standard InChI is InChI=1S/C15H23NO6/c1-8-6-7-9(16-8)13(18)21-11-10(17)14(20-5)22-15(2,3)12(11)19-4/h6-7,10-12,14,16-17H,1-5H3/t10-,11+,12-,14-/m1/s1. The predicted molar refractivity (Wildman–Crippen MR) is 77.5 cm³/mol. The van der Waals surface area contributed by atoms with E-state index >= 15 is 0 Å². The number of aliphatic hydroxyl groups excluding tert-OH is 1. The maximum absolute atomic E-state index is 12.2. The Bertz CT molecular complexity index is 526. The lowest BCUT2D eigenvalue weighted by molar-refractivity contribution is -0.320. The Morgan fingerprint density at radius 3 is 2.50 bits per heavy atom. The first-order valence-corrected chi connectivity index (χ1v) is 7.08. The van der Waals surface area contributed by atoms with Crippen LogP contribution < -0.4 is 0 Å². The molecule has 0 bridgehead atoms. The molecule has 22 heavy (non-hydrogen) atoms. The first kappa shape index (κ1) is 17.0. The summed E-state index contributed by atoms with van der Waals surface area (Å²) in [5, 5.41) is 10.3. The summed E-state index contributed by atoms with van der Waals surface area (Å²) in [7, 11) is 2.90. The number of carbonyl (C=O) groups is 1. The maximum Gasteiger partial charge on any atom is 0.355 e. The molecule has 0 radical (unpaired) electrons. The Morgan fingerprint density at radius 1 is 1.32 bits per heavy atom. The molecule has 4 atom stereocenters. The summed E-state index contributed by atoms with van der Waals surface area (Å²) in [6.45, 7) is 5.42. The van der Waals surface area contributed by atoms with Crippen LogP contribution in [-0.2, 0) is 18.9 Å². The molecule has 124 valence electrons. The summed E-state index contributed by atoms with van der Waals surface area (Å²) in [6, 6.07) is 3.40. The zero-order valence-electron chi connectivity index (χ0n) is 13.5. The lowest BCUT2D eigenvalue weighted by atomic mass is 9.89. The van der Waals surface area contributed by atoms with Gasteiger partial charge in [0.2, 0.25) is 0 Å². The highest BCUT2D eigenvalue weighted by Crippen LogP contribution is 2.33. The van der Waals surface area contributed by atoms with Crippen LogP contribution in [0.15, 0.2) is 12.1 Å². The number of methoxy groups -OCH3 is 2. The van der Waals surface area contributed by atoms with Crippen LogP contribution in [0.3, 0.4) is 0 Å². The molecule has 0 aliphatic carbocycles. The molecule has 1 aromatic rings. The fourth-order valence-corrected chi connectivity index (χ4v) is 2.71. The molecule has 7 heteroatoms. The molecule has 1 fully saturated rings. The van der Waals surface area contributed by atoms with E-state index in [0.717, 1.165) is 5.69 Å². The van der Waals surface area contributed by atoms with Gasteiger partial charge in [0.25, 0.3) is 0 Å². The Labute approximate surface area is 129 Å². The number of aromatic nitrogens is 1. The van der Waals surface area contributed by atoms with Crippen LogP contribution in [0.2, 0.25) is 0 Å². The maximum atomic E-state index is 12.2. The van der Waals surface area contributed by atoms with Gasteiger partial charge in [-0.15, -0.1) is 0 Å². The van der Waals surface area contributed by atoms with E-state index in [1.807, 2.05) is 6.92 Å². The molecular weight excluding hydrogens is 290 g/mol. The van der Waals surface area contributed by atoms with Crippen molar-refractivity contribution in [2.24, 2.45) is 0 Å². The summed E-state index contributed by atoms with van der Waals surface area (Å²) in [5.41, 5.74) is 0.376. The van der Waals surface area contributed by atoms with E-state index in [2.05, 4.69) is 4.98 Å². The van der Waals surface area contributed by atoms with Crippen molar-refractivity contribution in [2.45, 2.75) is 51.0 Å². The number of nitrogens with one attached hydrogen (secondary N) is 1. The van der Waals surface area contributed by atoms with Gasteiger partial charge >= 0.3 is 5.97 Å². The predicted octanol–water partition coefficient (Wildman–Crippen LogP) is 1.01. The molecule has 1 saturated heterocycles. The number of ether oxygens (including phenoxy) is 4. The average Bonchev–Trinajstić information content (AvgIpc) is 2.89. The van der Waals surface area contributed by atoms with Crippen LogP contribution in [0.1, 0.15) is 30.0 Å². The molecule has 7 nitrogen and oxygen atoms in total. The van der Waals surface area contributed by atoms with E-state index in [9.17, 15) is 9.90 Å². The van der Waals surface area contributed by atoms with E-state index in [-0.39, 0.29) is 0 Å². The van der Waals surface area contributed by atoms with Gasteiger partial charge in [0.15, 0.2) is 12.4 Å². The minimum atomic E-state index is -1.15. The molecule has 1 aromatic heterocycles. The molecule has 2 rings (SSSR count). The highest BCUT2D eigenvalue weighted by atomic mass is 16.7. The highest BCUT2D eigenvalue weighted by Gasteiger charge is 2.52. The molecule has 0 saturated carbocycles. The minimum absolute atomic E-state index is 0.317. The molecule has 0 amide bonds. The van der Waals surface area contributed by atoms with Crippen molar-refractivity contribution < 1.29 is 28.8 Å². The number of rotatable bonds is 4. The van der Waals surface area contributed by atoms with Gasteiger partial charge in [0.05, 0.1) is 5.60 Å². The zero-order chi connectivity index (χ0) is 16.5. The average molecular weight is 313 g/mol. The van der Waals surface area contributed by atoms with Crippen molar-refractivity contribution in [1.29, 1.82) is 0 Å². The van der Waals surface area contributed by atoms with Gasteiger partial charge in [-0.2, -0.15) is 0 Å². The lowest BCUT2D eigenvalue weighted by Gasteiger charge is -2.47. The van der Waals surface area contributed by atoms with Gasteiger partial charge in [-0.3, -0.25) is 0 Å². The van der Waals surface area contributed by atoms with E-state index in [0.29, 0.717) is 5.69 Å². The first-order chi connectivity index (χ1) is 10.3. The van der Waals surface area contributed by atoms with Crippen LogP contribution >= 0.6 is 0 Å². The summed E-state index contributed by atoms with van der Waals surface area (Å²) >= 11 is 0. The number of hydrogen-bond donors (Lipinski definition) is 2. The first-order valence-electron chi connectivity index (χ1n) is 7.08. The molecule has 2 heterocycles. The Morgan fingerprint density at radius 2 is 2.00 bits per heavy atom. The van der Waals surface area contributed by atoms with E-state index in [1.54, 1.807) is 26.0 Å². The molecule has 0 aromatic carbocycles. The molecule has 1 aliphatic heterocycles. The monoisotopic (exact) mass is 313 g/mol. The topological polar surface area (TPSA) is 90.0 Å². The van der Waals surface area contributed by atoms with E-state index in [4.69, 9.17) is 18.9 Å². The van der Waals surface area contributed by atoms with Crippen molar-refractivity contribution in [3.8, 4) is 0 Å². The summed E-state index contributed by atoms with van der Waals surface area (Å²) in [4.78, 5) is 15.1. The Kier molecular flexibility index (Phi) is 4.91. The van der Waals surface area contributed by atoms with Gasteiger partial charge in [-0.05, 0) is 32.9 Å². The second-order valence-electron chi connectivity index (χ2n) is 5.90. The van der Waals surface area contributed by atoms with Crippen LogP contribution in [0.4, 0.5) is 0 Å². The highest BCUT2D eigenvalue weighted by molar-refractivity contribution is 5.87. The van der Waals surface area contributed by atoms with Crippen molar-refractivity contribution in [2.75, 3.05) is 14.2 Å². The van der Waals surface area contributed by atoms with Gasteiger partial charge < -0.3 is 29.0 Å². The van der Waals surface area contributed by atoms with Gasteiger partial charge in [0, 0.05) is 19.9 Å². The minimum Gasteiger partial charge on any atom is -0.452 e. The van der Waals surface area contributed by atoms with E-state index < -0.39 is 36.2 Å². The van der Waals surface area contributed by atoms with Crippen LogP contribution in [0, 0.1) is 6.92 Å². The second kappa shape index (κ2) is 6.37. The Balaban J connectivity index is 2.22. The summed E-state index contributed by atoms with van der Waals surface area (Å²) < 4.78 is 21.7. The molecule has 2 N–H and O–H groups in total. The number of carbonyl (C=O) groups excluding carboxylic acids is 1. The summed E-state index contributed by atoms with van der Waals surface area (Å²) in [5.74, 6) is -0.563. The lowest BCUT2D eigenvalue weighted by Crippen LogP contribution is -2.64. The van der Waals surface area contributed by atoms with Crippen LogP contribution in [0.5, 0.6) is 0 Å². The molecule has 0 unspecified atom stereocenters. The smallest absolute Gasteiger partial charge is 0.355 e. The number of esters is 1. The summed E-state index contributed by atoms with van der Waals surface area (Å²) in [6.07, 6.45) is -3.59. The molecular formula is C15H23NO6. The van der Waals surface area contributed by atoms with Gasteiger partial charge in [-0.1, -0.05) is 0 Å². The third-order valence-electron chi connectivity index (χ3n) is 3.80. The van der Waals surface area contributed by atoms with Crippen LogP contribution in [0.25, 0.3) is 0 Å². The zero-order valence-corrected chi connectivity index (χ0v) is 13.5. The molecule has 0 spiro atoms. The number of H-pyrrole nitrogens is 1. The van der Waals surface area contributed by atoms with E-state index in [1.165, 1.54) is 14.2 Å². The third kappa shape index (κ3) is 3.17. The fourth-order valence-electron chi connectivity index (χ4n) is 2.71. The van der Waals surface area contributed by atoms with Gasteiger partial charge in [-0.25, -0.2) is 4.79 Å². The van der Waals surface area contributed by atoms with Crippen LogP contribution in [-0.4, -0.2) is 60.5 Å².